The van der Waals surface area contributed by atoms with E-state index >= 15 is 0 Å². The Balaban J connectivity index is 0.00000225. The van der Waals surface area contributed by atoms with Gasteiger partial charge in [0.05, 0.1) is 12.1 Å². The lowest BCUT2D eigenvalue weighted by molar-refractivity contribution is -0.122. The molecule has 3 nitrogen and oxygen atoms in total. The van der Waals surface area contributed by atoms with Crippen molar-refractivity contribution in [3.05, 3.63) is 34.3 Å². The van der Waals surface area contributed by atoms with Crippen LogP contribution < -0.4 is 11.1 Å². The number of rotatable bonds is 3. The van der Waals surface area contributed by atoms with Gasteiger partial charge in [0.2, 0.25) is 5.91 Å². The number of nitrogens with one attached hydrogen (secondary N) is 1. The minimum atomic E-state index is -0.470. The second-order valence-corrected chi connectivity index (χ2v) is 4.49. The molecule has 1 amide bonds. The van der Waals surface area contributed by atoms with Crippen molar-refractivity contribution in [1.29, 1.82) is 0 Å². The molecule has 3 N–H and O–H groups in total. The molecule has 0 saturated carbocycles. The van der Waals surface area contributed by atoms with Crippen molar-refractivity contribution < 1.29 is 4.79 Å². The Morgan fingerprint density at radius 2 is 1.81 bits per heavy atom. The molecule has 5 heteroatoms. The summed E-state index contributed by atoms with van der Waals surface area (Å²) in [5.74, 6) is -0.134. The van der Waals surface area contributed by atoms with Crippen LogP contribution in [0.15, 0.2) is 28.7 Å². The van der Waals surface area contributed by atoms with E-state index in [1.54, 1.807) is 6.92 Å². The van der Waals surface area contributed by atoms with E-state index in [1.807, 2.05) is 31.2 Å². The van der Waals surface area contributed by atoms with Crippen LogP contribution in [0.4, 0.5) is 0 Å². The lowest BCUT2D eigenvalue weighted by atomic mass is 10.1. The van der Waals surface area contributed by atoms with Gasteiger partial charge in [0, 0.05) is 4.47 Å². The summed E-state index contributed by atoms with van der Waals surface area (Å²) < 4.78 is 1.02. The molecule has 0 aromatic heterocycles. The molecule has 16 heavy (non-hydrogen) atoms. The standard InChI is InChI=1S/C11H15BrN2O.ClH/c1-7(13)11(15)14-8(2)9-3-5-10(12)6-4-9;/h3-8H,13H2,1-2H3,(H,14,15);1H/t7-,8?;/m1./s1. The van der Waals surface area contributed by atoms with Gasteiger partial charge >= 0.3 is 0 Å². The first kappa shape index (κ1) is 15.4. The van der Waals surface area contributed by atoms with Gasteiger partial charge < -0.3 is 11.1 Å². The van der Waals surface area contributed by atoms with E-state index in [-0.39, 0.29) is 24.4 Å². The van der Waals surface area contributed by atoms with Gasteiger partial charge in [-0.1, -0.05) is 28.1 Å². The third kappa shape index (κ3) is 4.51. The van der Waals surface area contributed by atoms with Crippen LogP contribution >= 0.6 is 28.3 Å². The lowest BCUT2D eigenvalue weighted by Crippen LogP contribution is -2.39. The van der Waals surface area contributed by atoms with Gasteiger partial charge in [-0.3, -0.25) is 4.79 Å². The summed E-state index contributed by atoms with van der Waals surface area (Å²) in [5.41, 5.74) is 6.53. The first-order valence-electron chi connectivity index (χ1n) is 4.82. The molecule has 0 aliphatic carbocycles. The van der Waals surface area contributed by atoms with E-state index in [1.165, 1.54) is 0 Å². The zero-order valence-corrected chi connectivity index (χ0v) is 11.6. The SMILES string of the molecule is CC(NC(=O)[C@@H](C)N)c1ccc(Br)cc1.Cl. The summed E-state index contributed by atoms with van der Waals surface area (Å²) in [6.45, 7) is 3.60. The maximum absolute atomic E-state index is 11.3. The summed E-state index contributed by atoms with van der Waals surface area (Å²) in [7, 11) is 0. The molecule has 0 aliphatic heterocycles. The fourth-order valence-electron chi connectivity index (χ4n) is 1.18. The van der Waals surface area contributed by atoms with Gasteiger partial charge in [0.1, 0.15) is 0 Å². The second kappa shape index (κ2) is 6.89. The molecule has 1 aromatic carbocycles. The van der Waals surface area contributed by atoms with Crippen molar-refractivity contribution in [1.82, 2.24) is 5.32 Å². The smallest absolute Gasteiger partial charge is 0.237 e. The predicted octanol–water partition coefficient (Wildman–Crippen LogP) is 2.40. The van der Waals surface area contributed by atoms with Crippen LogP contribution in [0.5, 0.6) is 0 Å². The average molecular weight is 308 g/mol. The van der Waals surface area contributed by atoms with Crippen LogP contribution in [0, 0.1) is 0 Å². The molecule has 0 fully saturated rings. The van der Waals surface area contributed by atoms with Crippen LogP contribution in [0.3, 0.4) is 0 Å². The monoisotopic (exact) mass is 306 g/mol. The van der Waals surface area contributed by atoms with Gasteiger partial charge in [-0.15, -0.1) is 12.4 Å². The van der Waals surface area contributed by atoms with Crippen molar-refractivity contribution >= 4 is 34.2 Å². The Bertz CT molecular complexity index is 340. The van der Waals surface area contributed by atoms with Crippen molar-refractivity contribution in [2.24, 2.45) is 5.73 Å². The third-order valence-corrected chi connectivity index (χ3v) is 2.67. The number of nitrogens with two attached hydrogens (primary N) is 1. The maximum atomic E-state index is 11.3. The molecule has 1 rings (SSSR count). The van der Waals surface area contributed by atoms with Gasteiger partial charge in [0.25, 0.3) is 0 Å². The van der Waals surface area contributed by atoms with Gasteiger partial charge in [-0.2, -0.15) is 0 Å². The molecule has 0 heterocycles. The van der Waals surface area contributed by atoms with Crippen molar-refractivity contribution in [2.75, 3.05) is 0 Å². The normalized spacial score (nSPS) is 13.5. The Hall–Kier alpha value is -0.580. The fraction of sp³-hybridized carbons (Fsp3) is 0.364. The number of carbonyl (C=O) groups excluding carboxylic acids is 1. The first-order valence-corrected chi connectivity index (χ1v) is 5.61. The van der Waals surface area contributed by atoms with Crippen molar-refractivity contribution in [3.8, 4) is 0 Å². The van der Waals surface area contributed by atoms with Crippen molar-refractivity contribution in [3.63, 3.8) is 0 Å². The minimum Gasteiger partial charge on any atom is -0.348 e. The molecular formula is C11H16BrClN2O. The molecule has 0 aliphatic rings. The fourth-order valence-corrected chi connectivity index (χ4v) is 1.44. The zero-order chi connectivity index (χ0) is 11.4. The molecule has 90 valence electrons. The molecule has 0 bridgehead atoms. The van der Waals surface area contributed by atoms with Crippen LogP contribution in [-0.4, -0.2) is 11.9 Å². The predicted molar refractivity (Wildman–Crippen MR) is 71.6 cm³/mol. The first-order chi connectivity index (χ1) is 7.00. The lowest BCUT2D eigenvalue weighted by Gasteiger charge is -2.15. The summed E-state index contributed by atoms with van der Waals surface area (Å²) in [6.07, 6.45) is 0. The summed E-state index contributed by atoms with van der Waals surface area (Å²) >= 11 is 3.36. The molecule has 0 saturated heterocycles. The average Bonchev–Trinajstić information content (AvgIpc) is 2.18. The third-order valence-electron chi connectivity index (χ3n) is 2.14. The van der Waals surface area contributed by atoms with E-state index < -0.39 is 6.04 Å². The van der Waals surface area contributed by atoms with Gasteiger partial charge in [0.15, 0.2) is 0 Å². The van der Waals surface area contributed by atoms with Crippen LogP contribution in [0.2, 0.25) is 0 Å². The highest BCUT2D eigenvalue weighted by Crippen LogP contribution is 2.16. The van der Waals surface area contributed by atoms with E-state index in [9.17, 15) is 4.79 Å². The minimum absolute atomic E-state index is 0. The summed E-state index contributed by atoms with van der Waals surface area (Å²) in [6, 6.07) is 7.35. The second-order valence-electron chi connectivity index (χ2n) is 3.57. The van der Waals surface area contributed by atoms with E-state index in [2.05, 4.69) is 21.2 Å². The highest BCUT2D eigenvalue weighted by atomic mass is 79.9. The highest BCUT2D eigenvalue weighted by molar-refractivity contribution is 9.10. The van der Waals surface area contributed by atoms with Crippen molar-refractivity contribution in [2.45, 2.75) is 25.9 Å². The number of hydrogen-bond donors (Lipinski definition) is 2. The maximum Gasteiger partial charge on any atom is 0.237 e. The number of amides is 1. The van der Waals surface area contributed by atoms with Crippen LogP contribution in [0.25, 0.3) is 0 Å². The van der Waals surface area contributed by atoms with E-state index in [0.717, 1.165) is 10.0 Å². The number of halogens is 2. The number of hydrogen-bond acceptors (Lipinski definition) is 2. The Morgan fingerprint density at radius 1 is 1.31 bits per heavy atom. The Labute approximate surface area is 110 Å². The van der Waals surface area contributed by atoms with Crippen LogP contribution in [0.1, 0.15) is 25.5 Å². The summed E-state index contributed by atoms with van der Waals surface area (Å²) in [5, 5.41) is 2.84. The Kier molecular flexibility index (Phi) is 6.64. The summed E-state index contributed by atoms with van der Waals surface area (Å²) in [4.78, 5) is 11.3. The molecule has 1 unspecified atom stereocenters. The molecular weight excluding hydrogens is 291 g/mol. The Morgan fingerprint density at radius 3 is 2.25 bits per heavy atom. The quantitative estimate of drug-likeness (QED) is 0.901. The zero-order valence-electron chi connectivity index (χ0n) is 9.24. The van der Waals surface area contributed by atoms with E-state index in [4.69, 9.17) is 5.73 Å². The molecule has 0 radical (unpaired) electrons. The largest absolute Gasteiger partial charge is 0.348 e. The number of benzene rings is 1. The molecule has 2 atom stereocenters. The molecule has 1 aromatic rings. The van der Waals surface area contributed by atoms with Crippen LogP contribution in [-0.2, 0) is 4.79 Å². The van der Waals surface area contributed by atoms with Gasteiger partial charge in [-0.25, -0.2) is 0 Å². The highest BCUT2D eigenvalue weighted by Gasteiger charge is 2.12. The molecule has 0 spiro atoms. The van der Waals surface area contributed by atoms with E-state index in [0.29, 0.717) is 0 Å². The number of carbonyl (C=O) groups is 1. The van der Waals surface area contributed by atoms with Gasteiger partial charge in [-0.05, 0) is 31.5 Å². The topological polar surface area (TPSA) is 55.1 Å².